The van der Waals surface area contributed by atoms with E-state index in [4.69, 9.17) is 23.2 Å². The van der Waals surface area contributed by atoms with Crippen molar-refractivity contribution in [3.8, 4) is 0 Å². The molecule has 0 atom stereocenters. The van der Waals surface area contributed by atoms with E-state index in [1.807, 2.05) is 11.3 Å². The smallest absolute Gasteiger partial charge is 0.228 e. The highest BCUT2D eigenvalue weighted by Crippen LogP contribution is 2.30. The van der Waals surface area contributed by atoms with Crippen LogP contribution in [0.15, 0.2) is 6.07 Å². The van der Waals surface area contributed by atoms with Crippen LogP contribution in [-0.4, -0.2) is 15.0 Å². The van der Waals surface area contributed by atoms with E-state index in [9.17, 15) is 0 Å². The Morgan fingerprint density at radius 2 is 1.94 bits per heavy atom. The Labute approximate surface area is 118 Å². The van der Waals surface area contributed by atoms with Crippen molar-refractivity contribution in [2.75, 3.05) is 5.32 Å². The van der Waals surface area contributed by atoms with Gasteiger partial charge in [-0.1, -0.05) is 0 Å². The predicted molar refractivity (Wildman–Crippen MR) is 73.5 cm³/mol. The van der Waals surface area contributed by atoms with E-state index >= 15 is 0 Å². The van der Waals surface area contributed by atoms with Gasteiger partial charge in [-0.2, -0.15) is 15.0 Å². The van der Waals surface area contributed by atoms with Gasteiger partial charge >= 0.3 is 0 Å². The zero-order valence-corrected chi connectivity index (χ0v) is 11.7. The van der Waals surface area contributed by atoms with Crippen molar-refractivity contribution >= 4 is 40.5 Å². The van der Waals surface area contributed by atoms with Crippen molar-refractivity contribution < 1.29 is 0 Å². The molecular formula is C11H10Cl2N4S. The molecule has 0 bridgehead atoms. The predicted octanol–water partition coefficient (Wildman–Crippen LogP) is 3.34. The lowest BCUT2D eigenvalue weighted by atomic mass is 10.2. The van der Waals surface area contributed by atoms with Crippen molar-refractivity contribution in [1.82, 2.24) is 15.0 Å². The van der Waals surface area contributed by atoms with Gasteiger partial charge in [-0.15, -0.1) is 11.3 Å². The van der Waals surface area contributed by atoms with Crippen molar-refractivity contribution in [2.24, 2.45) is 0 Å². The van der Waals surface area contributed by atoms with E-state index in [2.05, 4.69) is 26.3 Å². The lowest BCUT2D eigenvalue weighted by Gasteiger charge is -2.03. The minimum atomic E-state index is 0.103. The first-order valence-corrected chi connectivity index (χ1v) is 7.19. The van der Waals surface area contributed by atoms with Crippen LogP contribution in [0.2, 0.25) is 10.6 Å². The fourth-order valence-corrected chi connectivity index (χ4v) is 3.61. The van der Waals surface area contributed by atoms with Gasteiger partial charge < -0.3 is 5.32 Å². The second kappa shape index (κ2) is 4.99. The second-order valence-corrected chi connectivity index (χ2v) is 5.96. The van der Waals surface area contributed by atoms with Crippen LogP contribution in [0.25, 0.3) is 0 Å². The highest BCUT2D eigenvalue weighted by atomic mass is 35.5. The van der Waals surface area contributed by atoms with Crippen LogP contribution in [0, 0.1) is 0 Å². The molecule has 1 aliphatic carbocycles. The maximum absolute atomic E-state index is 5.71. The summed E-state index contributed by atoms with van der Waals surface area (Å²) < 4.78 is 0. The fraction of sp³-hybridized carbons (Fsp3) is 0.364. The summed E-state index contributed by atoms with van der Waals surface area (Å²) in [5.41, 5.74) is 1.49. The third kappa shape index (κ3) is 2.58. The average molecular weight is 301 g/mol. The zero-order valence-electron chi connectivity index (χ0n) is 9.41. The molecule has 0 saturated heterocycles. The molecule has 2 aromatic rings. The number of halogens is 2. The SMILES string of the molecule is Clc1nc(Cl)nc(NCc2cc3c(s2)CCC3)n1. The first kappa shape index (κ1) is 12.1. The van der Waals surface area contributed by atoms with Crippen molar-refractivity contribution in [1.29, 1.82) is 0 Å². The Hall–Kier alpha value is -0.910. The molecule has 0 spiro atoms. The van der Waals surface area contributed by atoms with Crippen molar-refractivity contribution in [3.05, 3.63) is 32.0 Å². The standard InChI is InChI=1S/C11H10Cl2N4S/c12-9-15-10(13)17-11(16-9)14-5-7-4-6-2-1-3-8(6)18-7/h4H,1-3,5H2,(H,14,15,16,17). The number of hydrogen-bond acceptors (Lipinski definition) is 5. The van der Waals surface area contributed by atoms with E-state index in [-0.39, 0.29) is 10.6 Å². The van der Waals surface area contributed by atoms with Crippen LogP contribution in [-0.2, 0) is 19.4 Å². The molecule has 7 heteroatoms. The third-order valence-electron chi connectivity index (χ3n) is 2.80. The summed E-state index contributed by atoms with van der Waals surface area (Å²) in [5, 5.41) is 3.32. The Morgan fingerprint density at radius 3 is 2.67 bits per heavy atom. The van der Waals surface area contributed by atoms with E-state index in [1.165, 1.54) is 34.6 Å². The van der Waals surface area contributed by atoms with Crippen LogP contribution in [0.4, 0.5) is 5.95 Å². The van der Waals surface area contributed by atoms with E-state index in [0.29, 0.717) is 12.5 Å². The number of rotatable bonds is 3. The average Bonchev–Trinajstić information content (AvgIpc) is 2.84. The fourth-order valence-electron chi connectivity index (χ4n) is 2.05. The van der Waals surface area contributed by atoms with E-state index in [1.54, 1.807) is 0 Å². The number of aromatic nitrogens is 3. The molecule has 1 N–H and O–H groups in total. The van der Waals surface area contributed by atoms with Crippen LogP contribution >= 0.6 is 34.5 Å². The molecule has 0 unspecified atom stereocenters. The molecule has 94 valence electrons. The monoisotopic (exact) mass is 300 g/mol. The summed E-state index contributed by atoms with van der Waals surface area (Å²) in [6, 6.07) is 2.25. The molecule has 4 nitrogen and oxygen atoms in total. The first-order chi connectivity index (χ1) is 8.70. The minimum Gasteiger partial charge on any atom is -0.349 e. The normalized spacial score (nSPS) is 13.7. The summed E-state index contributed by atoms with van der Waals surface area (Å²) in [7, 11) is 0. The third-order valence-corrected chi connectivity index (χ3v) is 4.37. The van der Waals surface area contributed by atoms with Gasteiger partial charge in [-0.3, -0.25) is 0 Å². The lowest BCUT2D eigenvalue weighted by Crippen LogP contribution is -2.03. The molecule has 0 fully saturated rings. The number of thiophene rings is 1. The van der Waals surface area contributed by atoms with Crippen LogP contribution in [0.3, 0.4) is 0 Å². The molecule has 0 aromatic carbocycles. The lowest BCUT2D eigenvalue weighted by molar-refractivity contribution is 0.913. The highest BCUT2D eigenvalue weighted by molar-refractivity contribution is 7.12. The van der Waals surface area contributed by atoms with Gasteiger partial charge in [0.05, 0.1) is 6.54 Å². The molecule has 0 aliphatic heterocycles. The maximum Gasteiger partial charge on any atom is 0.228 e. The number of hydrogen-bond donors (Lipinski definition) is 1. The Bertz CT molecular complexity index is 543. The summed E-state index contributed by atoms with van der Waals surface area (Å²) in [6.07, 6.45) is 3.70. The van der Waals surface area contributed by atoms with Gasteiger partial charge in [0.15, 0.2) is 0 Å². The molecule has 0 saturated carbocycles. The quantitative estimate of drug-likeness (QED) is 0.944. The van der Waals surface area contributed by atoms with Gasteiger partial charge in [-0.25, -0.2) is 0 Å². The number of nitrogens with one attached hydrogen (secondary N) is 1. The Morgan fingerprint density at radius 1 is 1.17 bits per heavy atom. The molecule has 0 radical (unpaired) electrons. The molecule has 1 aliphatic rings. The molecule has 18 heavy (non-hydrogen) atoms. The van der Waals surface area contributed by atoms with E-state index in [0.717, 1.165) is 0 Å². The van der Waals surface area contributed by atoms with Gasteiger partial charge in [0.2, 0.25) is 16.5 Å². The van der Waals surface area contributed by atoms with Crippen LogP contribution in [0.5, 0.6) is 0 Å². The van der Waals surface area contributed by atoms with Gasteiger partial charge in [0.25, 0.3) is 0 Å². The number of aryl methyl sites for hydroxylation is 2. The molecular weight excluding hydrogens is 291 g/mol. The minimum absolute atomic E-state index is 0.103. The highest BCUT2D eigenvalue weighted by Gasteiger charge is 2.14. The summed E-state index contributed by atoms with van der Waals surface area (Å²) in [6.45, 7) is 0.689. The van der Waals surface area contributed by atoms with Crippen LogP contribution in [0.1, 0.15) is 21.7 Å². The van der Waals surface area contributed by atoms with Crippen LogP contribution < -0.4 is 5.32 Å². The largest absolute Gasteiger partial charge is 0.349 e. The van der Waals surface area contributed by atoms with Crippen molar-refractivity contribution in [2.45, 2.75) is 25.8 Å². The second-order valence-electron chi connectivity index (χ2n) is 4.07. The van der Waals surface area contributed by atoms with Gasteiger partial charge in [0.1, 0.15) is 0 Å². The summed E-state index contributed by atoms with van der Waals surface area (Å²) in [4.78, 5) is 14.4. The van der Waals surface area contributed by atoms with E-state index < -0.39 is 0 Å². The molecule has 3 rings (SSSR count). The van der Waals surface area contributed by atoms with Crippen molar-refractivity contribution in [3.63, 3.8) is 0 Å². The number of nitrogens with zero attached hydrogens (tertiary/aromatic N) is 3. The number of anilines is 1. The number of fused-ring (bicyclic) bond motifs is 1. The molecule has 2 aromatic heterocycles. The molecule has 0 amide bonds. The van der Waals surface area contributed by atoms with Gasteiger partial charge in [-0.05, 0) is 54.1 Å². The maximum atomic E-state index is 5.71. The Kier molecular flexibility index (Phi) is 3.37. The molecule has 2 heterocycles. The Balaban J connectivity index is 1.70. The first-order valence-electron chi connectivity index (χ1n) is 5.62. The zero-order chi connectivity index (χ0) is 12.5. The topological polar surface area (TPSA) is 50.7 Å². The summed E-state index contributed by atoms with van der Waals surface area (Å²) >= 11 is 13.3. The van der Waals surface area contributed by atoms with Gasteiger partial charge in [0, 0.05) is 9.75 Å². The summed E-state index contributed by atoms with van der Waals surface area (Å²) in [5.74, 6) is 0.411.